The van der Waals surface area contributed by atoms with Crippen molar-refractivity contribution in [1.82, 2.24) is 0 Å². The predicted molar refractivity (Wildman–Crippen MR) is 92.3 cm³/mol. The summed E-state index contributed by atoms with van der Waals surface area (Å²) in [5, 5.41) is 11.2. The van der Waals surface area contributed by atoms with Gasteiger partial charge in [0.25, 0.3) is 0 Å². The van der Waals surface area contributed by atoms with E-state index in [0.717, 1.165) is 5.57 Å². The average molecular weight is 369 g/mol. The number of carbonyl (C=O) groups is 1. The molecule has 5 nitrogen and oxygen atoms in total. The van der Waals surface area contributed by atoms with Crippen LogP contribution in [0.1, 0.15) is 34.1 Å². The molecule has 8 atom stereocenters. The van der Waals surface area contributed by atoms with E-state index in [-0.39, 0.29) is 24.2 Å². The van der Waals surface area contributed by atoms with E-state index in [1.807, 2.05) is 26.8 Å². The van der Waals surface area contributed by atoms with Crippen molar-refractivity contribution in [2.75, 3.05) is 6.61 Å². The Kier molecular flexibility index (Phi) is 3.73. The minimum Gasteiger partial charge on any atom is -0.458 e. The summed E-state index contributed by atoms with van der Waals surface area (Å²) in [7, 11) is 0. The number of hydrogen-bond acceptors (Lipinski definition) is 5. The molecule has 4 bridgehead atoms. The Balaban J connectivity index is 1.84. The normalized spacial score (nSPS) is 53.7. The molecule has 0 spiro atoms. The van der Waals surface area contributed by atoms with Gasteiger partial charge in [0.15, 0.2) is 0 Å². The summed E-state index contributed by atoms with van der Waals surface area (Å²) in [5.41, 5.74) is -1.49. The van der Waals surface area contributed by atoms with Crippen LogP contribution in [0.3, 0.4) is 0 Å². The maximum absolute atomic E-state index is 12.1. The second-order valence-electron chi connectivity index (χ2n) is 8.16. The summed E-state index contributed by atoms with van der Waals surface area (Å²) >= 11 is 6.66. The van der Waals surface area contributed by atoms with Gasteiger partial charge in [-0.2, -0.15) is 0 Å². The third-order valence-corrected chi connectivity index (χ3v) is 7.85. The molecular weight excluding hydrogens is 344 g/mol. The monoisotopic (exact) mass is 368 g/mol. The lowest BCUT2D eigenvalue weighted by atomic mass is 9.48. The molecular formula is C19H25ClO5. The SMILES string of the molecule is CC=CC(=O)OC1CC2OC3C=C(C)C(Cl)C4OCC2(O)C1(C)C34C. The largest absolute Gasteiger partial charge is 0.458 e. The second kappa shape index (κ2) is 5.32. The molecule has 8 unspecified atom stereocenters. The van der Waals surface area contributed by atoms with Gasteiger partial charge in [-0.05, 0) is 13.8 Å². The Labute approximate surface area is 153 Å². The molecule has 2 aliphatic carbocycles. The highest BCUT2D eigenvalue weighted by molar-refractivity contribution is 6.23. The van der Waals surface area contributed by atoms with E-state index in [9.17, 15) is 9.90 Å². The van der Waals surface area contributed by atoms with Crippen molar-refractivity contribution in [1.29, 1.82) is 0 Å². The number of hydrogen-bond donors (Lipinski definition) is 1. The number of carbonyl (C=O) groups excluding carboxylic acids is 1. The van der Waals surface area contributed by atoms with Crippen molar-refractivity contribution in [3.8, 4) is 0 Å². The number of ether oxygens (including phenoxy) is 3. The zero-order chi connectivity index (χ0) is 18.2. The highest BCUT2D eigenvalue weighted by atomic mass is 35.5. The minimum atomic E-state index is -1.20. The molecule has 4 aliphatic rings. The van der Waals surface area contributed by atoms with Crippen LogP contribution in [0.15, 0.2) is 23.8 Å². The lowest BCUT2D eigenvalue weighted by molar-refractivity contribution is -0.352. The van der Waals surface area contributed by atoms with Crippen LogP contribution < -0.4 is 0 Å². The quantitative estimate of drug-likeness (QED) is 0.351. The molecule has 0 aromatic heterocycles. The number of aliphatic hydroxyl groups is 1. The Morgan fingerprint density at radius 1 is 1.48 bits per heavy atom. The van der Waals surface area contributed by atoms with E-state index >= 15 is 0 Å². The third kappa shape index (κ3) is 1.88. The van der Waals surface area contributed by atoms with Gasteiger partial charge < -0.3 is 19.3 Å². The van der Waals surface area contributed by atoms with Crippen molar-refractivity contribution in [2.24, 2.45) is 10.8 Å². The Bertz CT molecular complexity index is 675. The Hall–Kier alpha value is -0.880. The Morgan fingerprint density at radius 3 is 2.88 bits per heavy atom. The highest BCUT2D eigenvalue weighted by Gasteiger charge is 2.80. The third-order valence-electron chi connectivity index (χ3n) is 7.28. The molecule has 2 aliphatic heterocycles. The van der Waals surface area contributed by atoms with E-state index in [0.29, 0.717) is 6.42 Å². The molecule has 4 rings (SSSR count). The van der Waals surface area contributed by atoms with Crippen LogP contribution in [0, 0.1) is 10.8 Å². The molecule has 3 fully saturated rings. The number of alkyl halides is 1. The van der Waals surface area contributed by atoms with Crippen molar-refractivity contribution < 1.29 is 24.1 Å². The molecule has 0 radical (unpaired) electrons. The summed E-state index contributed by atoms with van der Waals surface area (Å²) in [5.74, 6) is -0.397. The minimum absolute atomic E-state index is 0.134. The second-order valence-corrected chi connectivity index (χ2v) is 8.63. The molecule has 2 heterocycles. The summed E-state index contributed by atoms with van der Waals surface area (Å²) in [6, 6.07) is 0. The van der Waals surface area contributed by atoms with Gasteiger partial charge in [0.2, 0.25) is 0 Å². The first-order valence-corrected chi connectivity index (χ1v) is 9.29. The fourth-order valence-corrected chi connectivity index (χ4v) is 5.98. The van der Waals surface area contributed by atoms with Crippen molar-refractivity contribution in [3.05, 3.63) is 23.8 Å². The lowest BCUT2D eigenvalue weighted by Crippen LogP contribution is -2.78. The van der Waals surface area contributed by atoms with E-state index in [2.05, 4.69) is 0 Å². The van der Waals surface area contributed by atoms with E-state index in [1.54, 1.807) is 13.0 Å². The molecule has 0 aromatic rings. The first-order chi connectivity index (χ1) is 11.7. The van der Waals surface area contributed by atoms with Gasteiger partial charge in [-0.25, -0.2) is 4.79 Å². The first-order valence-electron chi connectivity index (χ1n) is 8.85. The summed E-state index contributed by atoms with van der Waals surface area (Å²) in [6.45, 7) is 7.93. The summed E-state index contributed by atoms with van der Waals surface area (Å²) in [4.78, 5) is 12.1. The molecule has 2 saturated heterocycles. The van der Waals surface area contributed by atoms with Gasteiger partial charge in [0.1, 0.15) is 11.7 Å². The van der Waals surface area contributed by atoms with Crippen molar-refractivity contribution in [3.63, 3.8) is 0 Å². The van der Waals surface area contributed by atoms with Crippen LogP contribution in [0.2, 0.25) is 0 Å². The van der Waals surface area contributed by atoms with Crippen molar-refractivity contribution >= 4 is 17.6 Å². The van der Waals surface area contributed by atoms with E-state index in [1.165, 1.54) is 6.08 Å². The molecule has 0 aromatic carbocycles. The molecule has 0 amide bonds. The maximum atomic E-state index is 12.1. The summed E-state index contributed by atoms with van der Waals surface area (Å²) in [6.07, 6.45) is 4.13. The molecule has 1 saturated carbocycles. The predicted octanol–water partition coefficient (Wildman–Crippen LogP) is 2.36. The van der Waals surface area contributed by atoms with E-state index in [4.69, 9.17) is 25.8 Å². The van der Waals surface area contributed by atoms with Gasteiger partial charge >= 0.3 is 5.97 Å². The average Bonchev–Trinajstić information content (AvgIpc) is 2.69. The highest BCUT2D eigenvalue weighted by Crippen LogP contribution is 2.69. The van der Waals surface area contributed by atoms with Crippen LogP contribution in [-0.4, -0.2) is 53.1 Å². The fraction of sp³-hybridized carbons (Fsp3) is 0.737. The van der Waals surface area contributed by atoms with Gasteiger partial charge in [-0.1, -0.05) is 31.6 Å². The zero-order valence-corrected chi connectivity index (χ0v) is 15.7. The van der Waals surface area contributed by atoms with Crippen LogP contribution in [0.25, 0.3) is 0 Å². The standard InChI is InChI=1S/C19H25ClO5/c1-5-6-14(21)25-12-8-13-19(22)9-23-16-15(20)10(2)7-11(24-13)17(16,3)18(12,19)4/h5-7,11-13,15-16,22H,8-9H2,1-4H3. The van der Waals surface area contributed by atoms with E-state index < -0.39 is 34.6 Å². The van der Waals surface area contributed by atoms with Crippen LogP contribution in [0.4, 0.5) is 0 Å². The van der Waals surface area contributed by atoms with Gasteiger partial charge in [0, 0.05) is 23.3 Å². The van der Waals surface area contributed by atoms with Crippen LogP contribution in [-0.2, 0) is 19.0 Å². The molecule has 6 heteroatoms. The van der Waals surface area contributed by atoms with Gasteiger partial charge in [-0.15, -0.1) is 11.6 Å². The topological polar surface area (TPSA) is 65.0 Å². The molecule has 1 N–H and O–H groups in total. The molecule has 138 valence electrons. The summed E-state index contributed by atoms with van der Waals surface area (Å²) < 4.78 is 18.2. The first kappa shape index (κ1) is 17.5. The fourth-order valence-electron chi connectivity index (χ4n) is 5.58. The van der Waals surface area contributed by atoms with Crippen molar-refractivity contribution in [2.45, 2.75) is 69.5 Å². The number of esters is 1. The Morgan fingerprint density at radius 2 is 2.20 bits per heavy atom. The maximum Gasteiger partial charge on any atom is 0.330 e. The van der Waals surface area contributed by atoms with Crippen LogP contribution in [0.5, 0.6) is 0 Å². The van der Waals surface area contributed by atoms with Gasteiger partial charge in [0.05, 0.1) is 30.3 Å². The number of allylic oxidation sites excluding steroid dienone is 1. The number of rotatable bonds is 2. The smallest absolute Gasteiger partial charge is 0.330 e. The molecule has 25 heavy (non-hydrogen) atoms. The van der Waals surface area contributed by atoms with Crippen LogP contribution >= 0.6 is 11.6 Å². The zero-order valence-electron chi connectivity index (χ0n) is 15.0. The lowest BCUT2D eigenvalue weighted by Gasteiger charge is -2.67. The number of halogens is 1. The van der Waals surface area contributed by atoms with Gasteiger partial charge in [-0.3, -0.25) is 0 Å².